The summed E-state index contributed by atoms with van der Waals surface area (Å²) in [6, 6.07) is 15.9. The van der Waals surface area contributed by atoms with Crippen LogP contribution in [0.2, 0.25) is 20.1 Å². The smallest absolute Gasteiger partial charge is 0.265 e. The number of carbonyl (C=O) groups is 1. The number of ether oxygens (including phenoxy) is 1. The molecule has 1 atom stereocenters. The van der Waals surface area contributed by atoms with Gasteiger partial charge in [-0.05, 0) is 49.4 Å². The molecule has 4 aromatic rings. The molecule has 0 saturated carbocycles. The minimum Gasteiger partial charge on any atom is -0.479 e. The molecule has 0 aliphatic carbocycles. The predicted octanol–water partition coefficient (Wildman–Crippen LogP) is 7.98. The lowest BCUT2D eigenvalue weighted by molar-refractivity contribution is -0.122. The van der Waals surface area contributed by atoms with Crippen molar-refractivity contribution in [3.05, 3.63) is 74.7 Å². The highest BCUT2D eigenvalue weighted by Gasteiger charge is 2.20. The normalized spacial score (nSPS) is 12.0. The largest absolute Gasteiger partial charge is 0.479 e. The molecule has 1 heterocycles. The molecule has 0 saturated heterocycles. The van der Waals surface area contributed by atoms with E-state index in [1.54, 1.807) is 37.3 Å². The average Bonchev–Trinajstić information content (AvgIpc) is 3.15. The van der Waals surface area contributed by atoms with Crippen LogP contribution in [-0.4, -0.2) is 17.0 Å². The molecule has 0 radical (unpaired) electrons. The molecular formula is C22H14Cl4N2O2S. The lowest BCUT2D eigenvalue weighted by Gasteiger charge is -2.17. The van der Waals surface area contributed by atoms with Crippen LogP contribution < -0.4 is 10.1 Å². The number of hydrogen-bond acceptors (Lipinski definition) is 4. The molecule has 9 heteroatoms. The second-order valence-corrected chi connectivity index (χ2v) is 9.31. The first-order chi connectivity index (χ1) is 14.8. The van der Waals surface area contributed by atoms with Gasteiger partial charge in [-0.15, -0.1) is 11.3 Å². The van der Waals surface area contributed by atoms with E-state index < -0.39 is 12.0 Å². The number of nitrogens with zero attached hydrogens (tertiary/aromatic N) is 1. The first kappa shape index (κ1) is 22.2. The van der Waals surface area contributed by atoms with Crippen LogP contribution in [0.25, 0.3) is 20.8 Å². The van der Waals surface area contributed by atoms with E-state index in [4.69, 9.17) is 51.1 Å². The third-order valence-corrected chi connectivity index (χ3v) is 6.63. The van der Waals surface area contributed by atoms with Crippen molar-refractivity contribution in [1.82, 2.24) is 4.98 Å². The molecule has 0 spiro atoms. The summed E-state index contributed by atoms with van der Waals surface area (Å²) in [5.74, 6) is -0.0448. The molecule has 0 aliphatic heterocycles. The number of amides is 1. The fourth-order valence-electron chi connectivity index (χ4n) is 2.85. The number of hydrogen-bond donors (Lipinski definition) is 1. The summed E-state index contributed by atoms with van der Waals surface area (Å²) in [6.45, 7) is 1.61. The Morgan fingerprint density at radius 3 is 2.52 bits per heavy atom. The minimum atomic E-state index is -0.837. The van der Waals surface area contributed by atoms with Gasteiger partial charge >= 0.3 is 0 Å². The van der Waals surface area contributed by atoms with Crippen molar-refractivity contribution in [3.63, 3.8) is 0 Å². The van der Waals surface area contributed by atoms with Gasteiger partial charge in [-0.3, -0.25) is 4.79 Å². The number of halogens is 4. The lowest BCUT2D eigenvalue weighted by atomic mass is 10.2. The molecule has 0 aliphatic rings. The van der Waals surface area contributed by atoms with Crippen molar-refractivity contribution in [2.75, 3.05) is 5.32 Å². The van der Waals surface area contributed by atoms with Gasteiger partial charge in [-0.2, -0.15) is 0 Å². The topological polar surface area (TPSA) is 51.2 Å². The highest BCUT2D eigenvalue weighted by atomic mass is 35.5. The molecule has 1 amide bonds. The van der Waals surface area contributed by atoms with Crippen LogP contribution in [-0.2, 0) is 4.79 Å². The van der Waals surface area contributed by atoms with Crippen molar-refractivity contribution >= 4 is 79.6 Å². The summed E-state index contributed by atoms with van der Waals surface area (Å²) in [4.78, 5) is 17.3. The summed E-state index contributed by atoms with van der Waals surface area (Å²) < 4.78 is 6.71. The molecule has 3 aromatic carbocycles. The maximum atomic E-state index is 12.7. The number of para-hydroxylation sites is 1. The van der Waals surface area contributed by atoms with Crippen LogP contribution >= 0.6 is 57.7 Å². The van der Waals surface area contributed by atoms with Crippen molar-refractivity contribution in [2.24, 2.45) is 0 Å². The van der Waals surface area contributed by atoms with Crippen LogP contribution in [0.4, 0.5) is 5.69 Å². The molecule has 158 valence electrons. The SMILES string of the molecule is CC(Oc1ccc(Cl)cc1Cl)C(=O)Nc1cc(-c2nc3ccccc3s2)c(Cl)cc1Cl. The minimum absolute atomic E-state index is 0.305. The monoisotopic (exact) mass is 510 g/mol. The third-order valence-electron chi connectivity index (χ3n) is 4.41. The Morgan fingerprint density at radius 2 is 1.77 bits per heavy atom. The van der Waals surface area contributed by atoms with Crippen LogP contribution in [0.15, 0.2) is 54.6 Å². The van der Waals surface area contributed by atoms with Gasteiger partial charge in [0, 0.05) is 10.6 Å². The molecular weight excluding hydrogens is 498 g/mol. The number of fused-ring (bicyclic) bond motifs is 1. The van der Waals surface area contributed by atoms with Crippen LogP contribution in [0.3, 0.4) is 0 Å². The van der Waals surface area contributed by atoms with Gasteiger partial charge in [0.05, 0.1) is 31.0 Å². The molecule has 1 N–H and O–H groups in total. The molecule has 31 heavy (non-hydrogen) atoms. The second-order valence-electron chi connectivity index (χ2n) is 6.62. The average molecular weight is 512 g/mol. The van der Waals surface area contributed by atoms with Gasteiger partial charge in [0.1, 0.15) is 10.8 Å². The van der Waals surface area contributed by atoms with E-state index in [-0.39, 0.29) is 0 Å². The van der Waals surface area contributed by atoms with E-state index in [1.807, 2.05) is 24.3 Å². The first-order valence-electron chi connectivity index (χ1n) is 9.09. The highest BCUT2D eigenvalue weighted by molar-refractivity contribution is 7.21. The Kier molecular flexibility index (Phi) is 6.60. The standard InChI is InChI=1S/C22H14Cl4N2O2S/c1-11(30-19-7-6-12(23)8-16(19)26)21(29)27-18-9-13(14(24)10-15(18)25)22-28-17-4-2-3-5-20(17)31-22/h2-11H,1H3,(H,27,29). The molecule has 1 unspecified atom stereocenters. The van der Waals surface area contributed by atoms with Gasteiger partial charge < -0.3 is 10.1 Å². The van der Waals surface area contributed by atoms with Gasteiger partial charge in [0.15, 0.2) is 6.10 Å². The number of carbonyl (C=O) groups excluding carboxylic acids is 1. The first-order valence-corrected chi connectivity index (χ1v) is 11.4. The van der Waals surface area contributed by atoms with E-state index in [0.29, 0.717) is 37.1 Å². The van der Waals surface area contributed by atoms with E-state index in [2.05, 4.69) is 10.3 Å². The third kappa shape index (κ3) is 4.92. The van der Waals surface area contributed by atoms with E-state index in [0.717, 1.165) is 15.2 Å². The van der Waals surface area contributed by atoms with Crippen molar-refractivity contribution in [2.45, 2.75) is 13.0 Å². The van der Waals surface area contributed by atoms with Crippen molar-refractivity contribution in [1.29, 1.82) is 0 Å². The maximum Gasteiger partial charge on any atom is 0.265 e. The summed E-state index contributed by atoms with van der Waals surface area (Å²) >= 11 is 26.3. The summed E-state index contributed by atoms with van der Waals surface area (Å²) in [6.07, 6.45) is -0.837. The van der Waals surface area contributed by atoms with Gasteiger partial charge in [-0.25, -0.2) is 4.98 Å². The van der Waals surface area contributed by atoms with E-state index in [9.17, 15) is 4.79 Å². The Morgan fingerprint density at radius 1 is 1.00 bits per heavy atom. The fraction of sp³-hybridized carbons (Fsp3) is 0.0909. The number of nitrogens with one attached hydrogen (secondary N) is 1. The molecule has 0 bridgehead atoms. The lowest BCUT2D eigenvalue weighted by Crippen LogP contribution is -2.30. The summed E-state index contributed by atoms with van der Waals surface area (Å²) in [5.41, 5.74) is 1.96. The second kappa shape index (κ2) is 9.23. The van der Waals surface area contributed by atoms with Crippen molar-refractivity contribution in [3.8, 4) is 16.3 Å². The Balaban J connectivity index is 1.57. The summed E-state index contributed by atoms with van der Waals surface area (Å²) in [7, 11) is 0. The van der Waals surface area contributed by atoms with Crippen molar-refractivity contribution < 1.29 is 9.53 Å². The maximum absolute atomic E-state index is 12.7. The van der Waals surface area contributed by atoms with Crippen LogP contribution in [0, 0.1) is 0 Å². The highest BCUT2D eigenvalue weighted by Crippen LogP contribution is 2.39. The van der Waals surface area contributed by atoms with Gasteiger partial charge in [0.25, 0.3) is 5.91 Å². The Hall–Kier alpha value is -2.02. The van der Waals surface area contributed by atoms with Gasteiger partial charge in [-0.1, -0.05) is 58.5 Å². The molecule has 1 aromatic heterocycles. The molecule has 0 fully saturated rings. The summed E-state index contributed by atoms with van der Waals surface area (Å²) in [5, 5.41) is 5.06. The molecule has 4 nitrogen and oxygen atoms in total. The van der Waals surface area contributed by atoms with Crippen LogP contribution in [0.5, 0.6) is 5.75 Å². The van der Waals surface area contributed by atoms with E-state index >= 15 is 0 Å². The molecule has 4 rings (SSSR count). The van der Waals surface area contributed by atoms with Gasteiger partial charge in [0.2, 0.25) is 0 Å². The Labute approximate surface area is 202 Å². The fourth-order valence-corrected chi connectivity index (χ4v) is 4.87. The number of thiazole rings is 1. The number of aromatic nitrogens is 1. The quantitative estimate of drug-likeness (QED) is 0.295. The van der Waals surface area contributed by atoms with E-state index in [1.165, 1.54) is 11.3 Å². The zero-order chi connectivity index (χ0) is 22.1. The zero-order valence-corrected chi connectivity index (χ0v) is 19.8. The number of rotatable bonds is 5. The predicted molar refractivity (Wildman–Crippen MR) is 130 cm³/mol. The zero-order valence-electron chi connectivity index (χ0n) is 16.0. The Bertz CT molecular complexity index is 1260. The number of benzene rings is 3. The number of anilines is 1. The van der Waals surface area contributed by atoms with Crippen LogP contribution in [0.1, 0.15) is 6.92 Å².